The van der Waals surface area contributed by atoms with Crippen molar-refractivity contribution in [1.82, 2.24) is 5.43 Å². The lowest BCUT2D eigenvalue weighted by atomic mass is 10.1. The number of methoxy groups -OCH3 is 1. The van der Waals surface area contributed by atoms with E-state index in [1.165, 1.54) is 0 Å². The van der Waals surface area contributed by atoms with E-state index < -0.39 is 6.10 Å². The number of nitrogens with zero attached hydrogens (tertiary/aromatic N) is 1. The topological polar surface area (TPSA) is 59.9 Å². The molecule has 0 saturated heterocycles. The average molecular weight is 348 g/mol. The van der Waals surface area contributed by atoms with Gasteiger partial charge in [-0.2, -0.15) is 5.10 Å². The van der Waals surface area contributed by atoms with E-state index in [4.69, 9.17) is 9.47 Å². The Labute approximate surface area is 152 Å². The lowest BCUT2D eigenvalue weighted by Gasteiger charge is -2.14. The van der Waals surface area contributed by atoms with Gasteiger partial charge in [-0.3, -0.25) is 4.79 Å². The Morgan fingerprint density at radius 1 is 1.08 bits per heavy atom. The van der Waals surface area contributed by atoms with Crippen LogP contribution in [0.3, 0.4) is 0 Å². The average Bonchev–Trinajstić information content (AvgIpc) is 2.68. The summed E-state index contributed by atoms with van der Waals surface area (Å²) in [6, 6.07) is 21.0. The molecule has 0 aromatic heterocycles. The van der Waals surface area contributed by atoms with E-state index in [1.54, 1.807) is 20.2 Å². The van der Waals surface area contributed by atoms with E-state index in [2.05, 4.69) is 10.5 Å². The fourth-order valence-corrected chi connectivity index (χ4v) is 2.53. The van der Waals surface area contributed by atoms with Gasteiger partial charge >= 0.3 is 0 Å². The molecule has 0 heterocycles. The molecule has 5 heteroatoms. The third-order valence-corrected chi connectivity index (χ3v) is 3.90. The van der Waals surface area contributed by atoms with Crippen molar-refractivity contribution in [2.24, 2.45) is 5.10 Å². The summed E-state index contributed by atoms with van der Waals surface area (Å²) in [6.07, 6.45) is 0.883. The second-order valence-electron chi connectivity index (χ2n) is 5.75. The van der Waals surface area contributed by atoms with Crippen LogP contribution in [0, 0.1) is 0 Å². The predicted molar refractivity (Wildman–Crippen MR) is 103 cm³/mol. The molecule has 0 aliphatic rings. The minimum absolute atomic E-state index is 0.322. The molecule has 5 nitrogen and oxygen atoms in total. The molecule has 1 N–H and O–H groups in total. The minimum atomic E-state index is -0.678. The number of hydrogen-bond donors (Lipinski definition) is 1. The summed E-state index contributed by atoms with van der Waals surface area (Å²) in [5.41, 5.74) is 3.33. The molecular weight excluding hydrogens is 328 g/mol. The van der Waals surface area contributed by atoms with E-state index in [9.17, 15) is 4.79 Å². The molecule has 3 aromatic carbocycles. The molecule has 3 rings (SSSR count). The molecular formula is C21H20N2O3. The van der Waals surface area contributed by atoms with Crippen LogP contribution in [0.5, 0.6) is 11.5 Å². The van der Waals surface area contributed by atoms with Crippen LogP contribution < -0.4 is 14.9 Å². The molecule has 0 radical (unpaired) electrons. The second-order valence-corrected chi connectivity index (χ2v) is 5.75. The van der Waals surface area contributed by atoms with Crippen LogP contribution in [0.2, 0.25) is 0 Å². The van der Waals surface area contributed by atoms with E-state index >= 15 is 0 Å². The number of benzene rings is 3. The molecule has 0 spiro atoms. The van der Waals surface area contributed by atoms with E-state index in [1.807, 2.05) is 66.7 Å². The van der Waals surface area contributed by atoms with Crippen molar-refractivity contribution in [3.05, 3.63) is 72.3 Å². The number of fused-ring (bicyclic) bond motifs is 1. The van der Waals surface area contributed by atoms with Gasteiger partial charge in [0.2, 0.25) is 0 Å². The maximum absolute atomic E-state index is 12.2. The number of hydrogen-bond acceptors (Lipinski definition) is 4. The quantitative estimate of drug-likeness (QED) is 0.545. The highest BCUT2D eigenvalue weighted by atomic mass is 16.5. The largest absolute Gasteiger partial charge is 0.497 e. The third kappa shape index (κ3) is 4.19. The van der Waals surface area contributed by atoms with Crippen molar-refractivity contribution < 1.29 is 14.3 Å². The maximum atomic E-state index is 12.2. The smallest absolute Gasteiger partial charge is 0.280 e. The van der Waals surface area contributed by atoms with Gasteiger partial charge in [0.05, 0.1) is 13.3 Å². The number of carbonyl (C=O) groups is 1. The number of nitrogens with one attached hydrogen (secondary N) is 1. The van der Waals surface area contributed by atoms with Crippen molar-refractivity contribution in [1.29, 1.82) is 0 Å². The Bertz CT molecular complexity index is 932. The van der Waals surface area contributed by atoms with Gasteiger partial charge in [0.1, 0.15) is 11.5 Å². The second kappa shape index (κ2) is 8.16. The fraction of sp³-hybridized carbons (Fsp3) is 0.143. The number of carbonyl (C=O) groups excluding carboxylic acids is 1. The molecule has 0 fully saturated rings. The molecule has 0 aliphatic carbocycles. The first-order chi connectivity index (χ1) is 12.7. The molecule has 0 saturated carbocycles. The van der Waals surface area contributed by atoms with Crippen LogP contribution in [0.1, 0.15) is 12.5 Å². The van der Waals surface area contributed by atoms with Crippen LogP contribution in [-0.4, -0.2) is 25.3 Å². The first-order valence-electron chi connectivity index (χ1n) is 8.29. The number of hydrazone groups is 1. The van der Waals surface area contributed by atoms with Crippen LogP contribution >= 0.6 is 0 Å². The monoisotopic (exact) mass is 348 g/mol. The Morgan fingerprint density at radius 2 is 1.85 bits per heavy atom. The molecule has 0 aliphatic heterocycles. The van der Waals surface area contributed by atoms with Gasteiger partial charge in [-0.1, -0.05) is 48.5 Å². The number of rotatable bonds is 6. The summed E-state index contributed by atoms with van der Waals surface area (Å²) in [5.74, 6) is 1.08. The van der Waals surface area contributed by atoms with Gasteiger partial charge in [0.25, 0.3) is 5.91 Å². The zero-order valence-corrected chi connectivity index (χ0v) is 14.7. The Morgan fingerprint density at radius 3 is 2.69 bits per heavy atom. The Balaban J connectivity index is 1.63. The maximum Gasteiger partial charge on any atom is 0.280 e. The fourth-order valence-electron chi connectivity index (χ4n) is 2.53. The van der Waals surface area contributed by atoms with Gasteiger partial charge in [-0.25, -0.2) is 5.43 Å². The molecule has 1 atom stereocenters. The van der Waals surface area contributed by atoms with Crippen molar-refractivity contribution >= 4 is 22.9 Å². The van der Waals surface area contributed by atoms with Gasteiger partial charge in [-0.15, -0.1) is 0 Å². The summed E-state index contributed by atoms with van der Waals surface area (Å²) in [4.78, 5) is 12.2. The van der Waals surface area contributed by atoms with Gasteiger partial charge in [0.15, 0.2) is 6.10 Å². The van der Waals surface area contributed by atoms with Crippen LogP contribution in [0.4, 0.5) is 0 Å². The van der Waals surface area contributed by atoms with Crippen LogP contribution in [-0.2, 0) is 4.79 Å². The summed E-state index contributed by atoms with van der Waals surface area (Å²) >= 11 is 0. The zero-order valence-electron chi connectivity index (χ0n) is 14.7. The summed E-state index contributed by atoms with van der Waals surface area (Å²) in [6.45, 7) is 1.69. The third-order valence-electron chi connectivity index (χ3n) is 3.90. The highest BCUT2D eigenvalue weighted by molar-refractivity contribution is 5.89. The predicted octanol–water partition coefficient (Wildman–Crippen LogP) is 3.77. The van der Waals surface area contributed by atoms with Crippen LogP contribution in [0.25, 0.3) is 10.8 Å². The lowest BCUT2D eigenvalue weighted by Crippen LogP contribution is -2.33. The van der Waals surface area contributed by atoms with E-state index in [0.717, 1.165) is 22.1 Å². The zero-order chi connectivity index (χ0) is 18.4. The summed E-state index contributed by atoms with van der Waals surface area (Å²) < 4.78 is 11.0. The highest BCUT2D eigenvalue weighted by Gasteiger charge is 2.15. The standard InChI is InChI=1S/C21H20N2O3/c1-15(26-20-12-6-9-17-8-3-4-11-19(17)20)21(24)23-22-14-16-7-5-10-18(13-16)25-2/h3-15H,1-2H3,(H,23,24)/b22-14-/t15-/m1/s1. The number of ether oxygens (including phenoxy) is 2. The SMILES string of the molecule is COc1cccc(/C=N\NC(=O)[C@@H](C)Oc2cccc3ccccc23)c1. The summed E-state index contributed by atoms with van der Waals surface area (Å²) in [5, 5.41) is 6.01. The first kappa shape index (κ1) is 17.5. The van der Waals surface area contributed by atoms with E-state index in [0.29, 0.717) is 5.75 Å². The lowest BCUT2D eigenvalue weighted by molar-refractivity contribution is -0.127. The van der Waals surface area contributed by atoms with Crippen molar-refractivity contribution in [2.75, 3.05) is 7.11 Å². The number of amides is 1. The van der Waals surface area contributed by atoms with Crippen LogP contribution in [0.15, 0.2) is 71.8 Å². The molecule has 0 unspecified atom stereocenters. The van der Waals surface area contributed by atoms with Gasteiger partial charge in [0, 0.05) is 5.39 Å². The molecule has 0 bridgehead atoms. The molecule has 3 aromatic rings. The van der Waals surface area contributed by atoms with Crippen molar-refractivity contribution in [2.45, 2.75) is 13.0 Å². The molecule has 1 amide bonds. The normalized spacial score (nSPS) is 12.1. The molecule has 26 heavy (non-hydrogen) atoms. The van der Waals surface area contributed by atoms with E-state index in [-0.39, 0.29) is 5.91 Å². The Kier molecular flexibility index (Phi) is 5.49. The summed E-state index contributed by atoms with van der Waals surface area (Å²) in [7, 11) is 1.60. The van der Waals surface area contributed by atoms with Crippen molar-refractivity contribution in [3.8, 4) is 11.5 Å². The van der Waals surface area contributed by atoms with Gasteiger partial charge in [-0.05, 0) is 36.1 Å². The molecule has 132 valence electrons. The minimum Gasteiger partial charge on any atom is -0.497 e. The van der Waals surface area contributed by atoms with Crippen molar-refractivity contribution in [3.63, 3.8) is 0 Å². The van der Waals surface area contributed by atoms with Gasteiger partial charge < -0.3 is 9.47 Å². The highest BCUT2D eigenvalue weighted by Crippen LogP contribution is 2.26. The Hall–Kier alpha value is -3.34. The first-order valence-corrected chi connectivity index (χ1v) is 8.29.